The SMILES string of the molecule is CSc1cc(NC2CCNC(C)C2)ncn1. The summed E-state index contributed by atoms with van der Waals surface area (Å²) in [6.07, 6.45) is 5.96. The van der Waals surface area contributed by atoms with Crippen LogP contribution in [0.2, 0.25) is 0 Å². The van der Waals surface area contributed by atoms with Gasteiger partial charge in [0.25, 0.3) is 0 Å². The highest BCUT2D eigenvalue weighted by Gasteiger charge is 2.18. The first-order chi connectivity index (χ1) is 7.78. The molecule has 0 amide bonds. The summed E-state index contributed by atoms with van der Waals surface area (Å²) in [5.41, 5.74) is 0. The smallest absolute Gasteiger partial charge is 0.130 e. The van der Waals surface area contributed by atoms with Crippen molar-refractivity contribution in [2.45, 2.75) is 36.9 Å². The molecule has 88 valence electrons. The number of piperidine rings is 1. The minimum atomic E-state index is 0.529. The van der Waals surface area contributed by atoms with Gasteiger partial charge in [-0.3, -0.25) is 0 Å². The second-order valence-corrected chi connectivity index (χ2v) is 4.99. The number of anilines is 1. The van der Waals surface area contributed by atoms with Crippen molar-refractivity contribution in [3.05, 3.63) is 12.4 Å². The Morgan fingerprint density at radius 3 is 3.12 bits per heavy atom. The van der Waals surface area contributed by atoms with Crippen LogP contribution in [-0.2, 0) is 0 Å². The minimum Gasteiger partial charge on any atom is -0.367 e. The van der Waals surface area contributed by atoms with Crippen LogP contribution in [0.3, 0.4) is 0 Å². The fourth-order valence-corrected chi connectivity index (χ4v) is 2.38. The van der Waals surface area contributed by atoms with Gasteiger partial charge in [-0.2, -0.15) is 0 Å². The van der Waals surface area contributed by atoms with E-state index in [1.807, 2.05) is 12.3 Å². The van der Waals surface area contributed by atoms with Crippen LogP contribution in [0.25, 0.3) is 0 Å². The molecule has 2 N–H and O–H groups in total. The Hall–Kier alpha value is -0.810. The molecule has 1 aromatic rings. The van der Waals surface area contributed by atoms with Gasteiger partial charge in [0.05, 0.1) is 0 Å². The van der Waals surface area contributed by atoms with Gasteiger partial charge in [0.15, 0.2) is 0 Å². The van der Waals surface area contributed by atoms with Crippen molar-refractivity contribution in [1.82, 2.24) is 15.3 Å². The van der Waals surface area contributed by atoms with Crippen molar-refractivity contribution in [1.29, 1.82) is 0 Å². The van der Waals surface area contributed by atoms with Crippen LogP contribution in [0, 0.1) is 0 Å². The third kappa shape index (κ3) is 3.09. The molecule has 2 unspecified atom stereocenters. The molecule has 0 aliphatic carbocycles. The third-order valence-corrected chi connectivity index (χ3v) is 3.47. The zero-order valence-corrected chi connectivity index (χ0v) is 10.5. The minimum absolute atomic E-state index is 0.529. The molecule has 1 aromatic heterocycles. The van der Waals surface area contributed by atoms with E-state index in [-0.39, 0.29) is 0 Å². The first-order valence-corrected chi connectivity index (χ1v) is 6.86. The van der Waals surface area contributed by atoms with E-state index in [1.54, 1.807) is 18.1 Å². The monoisotopic (exact) mass is 238 g/mol. The van der Waals surface area contributed by atoms with Crippen LogP contribution in [0.1, 0.15) is 19.8 Å². The van der Waals surface area contributed by atoms with Crippen molar-refractivity contribution in [3.8, 4) is 0 Å². The molecule has 0 bridgehead atoms. The van der Waals surface area contributed by atoms with Gasteiger partial charge in [-0.1, -0.05) is 0 Å². The largest absolute Gasteiger partial charge is 0.367 e. The quantitative estimate of drug-likeness (QED) is 0.620. The van der Waals surface area contributed by atoms with E-state index >= 15 is 0 Å². The van der Waals surface area contributed by atoms with E-state index < -0.39 is 0 Å². The molecule has 4 nitrogen and oxygen atoms in total. The number of aromatic nitrogens is 2. The molecule has 1 saturated heterocycles. The van der Waals surface area contributed by atoms with Crippen molar-refractivity contribution in [3.63, 3.8) is 0 Å². The van der Waals surface area contributed by atoms with Crippen molar-refractivity contribution >= 4 is 17.6 Å². The Balaban J connectivity index is 1.97. The first kappa shape index (κ1) is 11.7. The number of hydrogen-bond donors (Lipinski definition) is 2. The van der Waals surface area contributed by atoms with Gasteiger partial charge in [0, 0.05) is 18.2 Å². The maximum atomic E-state index is 4.25. The Morgan fingerprint density at radius 2 is 2.38 bits per heavy atom. The van der Waals surface area contributed by atoms with Crippen molar-refractivity contribution in [2.24, 2.45) is 0 Å². The number of nitrogens with zero attached hydrogens (tertiary/aromatic N) is 2. The standard InChI is InChI=1S/C11H18N4S/c1-8-5-9(3-4-12-8)15-10-6-11(16-2)14-7-13-10/h6-9,12H,3-5H2,1-2H3,(H,13,14,15). The Kier molecular flexibility index (Phi) is 4.01. The number of nitrogens with one attached hydrogen (secondary N) is 2. The molecule has 0 aromatic carbocycles. The molecule has 1 aliphatic rings. The zero-order valence-electron chi connectivity index (χ0n) is 9.73. The molecule has 2 rings (SSSR count). The van der Waals surface area contributed by atoms with Crippen LogP contribution in [0.15, 0.2) is 17.4 Å². The molecule has 2 atom stereocenters. The predicted molar refractivity (Wildman–Crippen MR) is 67.9 cm³/mol. The van der Waals surface area contributed by atoms with Crippen LogP contribution in [0.4, 0.5) is 5.82 Å². The predicted octanol–water partition coefficient (Wildman–Crippen LogP) is 1.75. The van der Waals surface area contributed by atoms with E-state index in [2.05, 4.69) is 27.5 Å². The average molecular weight is 238 g/mol. The van der Waals surface area contributed by atoms with Crippen LogP contribution < -0.4 is 10.6 Å². The molecule has 1 aliphatic heterocycles. The van der Waals surface area contributed by atoms with E-state index in [9.17, 15) is 0 Å². The Bertz CT molecular complexity index is 345. The van der Waals surface area contributed by atoms with Gasteiger partial charge >= 0.3 is 0 Å². The highest BCUT2D eigenvalue weighted by atomic mass is 32.2. The fraction of sp³-hybridized carbons (Fsp3) is 0.636. The van der Waals surface area contributed by atoms with E-state index in [4.69, 9.17) is 0 Å². The van der Waals surface area contributed by atoms with E-state index in [1.165, 1.54) is 0 Å². The molecule has 16 heavy (non-hydrogen) atoms. The zero-order chi connectivity index (χ0) is 11.4. The lowest BCUT2D eigenvalue weighted by Gasteiger charge is -2.29. The van der Waals surface area contributed by atoms with E-state index in [0.29, 0.717) is 12.1 Å². The molecule has 5 heteroatoms. The normalized spacial score (nSPS) is 25.4. The highest BCUT2D eigenvalue weighted by molar-refractivity contribution is 7.98. The highest BCUT2D eigenvalue weighted by Crippen LogP contribution is 2.17. The Morgan fingerprint density at radius 1 is 1.50 bits per heavy atom. The fourth-order valence-electron chi connectivity index (χ4n) is 2.00. The molecule has 0 spiro atoms. The lowest BCUT2D eigenvalue weighted by Crippen LogP contribution is -2.41. The summed E-state index contributed by atoms with van der Waals surface area (Å²) in [5.74, 6) is 0.943. The van der Waals surface area contributed by atoms with Gasteiger partial charge < -0.3 is 10.6 Å². The van der Waals surface area contributed by atoms with Crippen LogP contribution in [-0.4, -0.2) is 34.9 Å². The summed E-state index contributed by atoms with van der Waals surface area (Å²) in [4.78, 5) is 8.42. The lowest BCUT2D eigenvalue weighted by molar-refractivity contribution is 0.395. The number of hydrogen-bond acceptors (Lipinski definition) is 5. The second-order valence-electron chi connectivity index (χ2n) is 4.17. The topological polar surface area (TPSA) is 49.8 Å². The maximum Gasteiger partial charge on any atom is 0.130 e. The first-order valence-electron chi connectivity index (χ1n) is 5.64. The van der Waals surface area contributed by atoms with E-state index in [0.717, 1.165) is 30.2 Å². The summed E-state index contributed by atoms with van der Waals surface area (Å²) < 4.78 is 0. The van der Waals surface area contributed by atoms with Crippen LogP contribution >= 0.6 is 11.8 Å². The van der Waals surface area contributed by atoms with Gasteiger partial charge in [-0.15, -0.1) is 11.8 Å². The number of thioether (sulfide) groups is 1. The Labute approximate surface area is 101 Å². The third-order valence-electron chi connectivity index (χ3n) is 2.83. The molecule has 2 heterocycles. The molecular formula is C11H18N4S. The van der Waals surface area contributed by atoms with Gasteiger partial charge in [-0.05, 0) is 32.6 Å². The molecule has 0 radical (unpaired) electrons. The average Bonchev–Trinajstić information content (AvgIpc) is 2.29. The second kappa shape index (κ2) is 5.50. The molecule has 0 saturated carbocycles. The van der Waals surface area contributed by atoms with Crippen LogP contribution in [0.5, 0.6) is 0 Å². The summed E-state index contributed by atoms with van der Waals surface area (Å²) in [5, 5.41) is 7.94. The molecule has 1 fully saturated rings. The van der Waals surface area contributed by atoms with Crippen molar-refractivity contribution < 1.29 is 0 Å². The maximum absolute atomic E-state index is 4.25. The summed E-state index contributed by atoms with van der Waals surface area (Å²) in [7, 11) is 0. The van der Waals surface area contributed by atoms with Crippen molar-refractivity contribution in [2.75, 3.05) is 18.1 Å². The summed E-state index contributed by atoms with van der Waals surface area (Å²) >= 11 is 1.64. The molecular weight excluding hydrogens is 220 g/mol. The lowest BCUT2D eigenvalue weighted by atomic mass is 10.0. The van der Waals surface area contributed by atoms with Gasteiger partial charge in [0.2, 0.25) is 0 Å². The summed E-state index contributed by atoms with van der Waals surface area (Å²) in [6.45, 7) is 3.31. The number of rotatable bonds is 3. The van der Waals surface area contributed by atoms with Gasteiger partial charge in [-0.25, -0.2) is 9.97 Å². The van der Waals surface area contributed by atoms with Gasteiger partial charge in [0.1, 0.15) is 17.2 Å². The summed E-state index contributed by atoms with van der Waals surface area (Å²) in [6, 6.07) is 3.13.